The number of ether oxygens (including phenoxy) is 1. The van der Waals surface area contributed by atoms with Crippen LogP contribution in [0.15, 0.2) is 72.8 Å². The first-order chi connectivity index (χ1) is 17.5. The lowest BCUT2D eigenvalue weighted by atomic mass is 10.0. The zero-order chi connectivity index (χ0) is 25.1. The number of carbonyl (C=O) groups is 2. The maximum absolute atomic E-state index is 13.0. The van der Waals surface area contributed by atoms with E-state index in [1.807, 2.05) is 64.4 Å². The lowest BCUT2D eigenvalue weighted by molar-refractivity contribution is 0.00853. The van der Waals surface area contributed by atoms with E-state index in [-0.39, 0.29) is 11.8 Å². The molecule has 0 aromatic heterocycles. The molecule has 186 valence electrons. The lowest BCUT2D eigenvalue weighted by Crippen LogP contribution is -2.64. The fourth-order valence-corrected chi connectivity index (χ4v) is 5.07. The summed E-state index contributed by atoms with van der Waals surface area (Å²) in [6.07, 6.45) is 0. The quantitative estimate of drug-likeness (QED) is 0.463. The molecule has 0 N–H and O–H groups in total. The van der Waals surface area contributed by atoms with E-state index >= 15 is 0 Å². The first-order valence-corrected chi connectivity index (χ1v) is 12.8. The first kappa shape index (κ1) is 24.6. The van der Waals surface area contributed by atoms with Crippen molar-refractivity contribution in [1.82, 2.24) is 14.7 Å². The highest BCUT2D eigenvalue weighted by molar-refractivity contribution is 6.32. The molecule has 2 aliphatic heterocycles. The summed E-state index contributed by atoms with van der Waals surface area (Å²) in [4.78, 5) is 31.8. The number of amides is 2. The number of halogens is 2. The summed E-state index contributed by atoms with van der Waals surface area (Å²) in [6, 6.07) is 22.3. The van der Waals surface area contributed by atoms with Crippen LogP contribution in [0.5, 0.6) is 5.75 Å². The monoisotopic (exact) mass is 523 g/mol. The molecule has 0 unspecified atom stereocenters. The average molecular weight is 524 g/mol. The summed E-state index contributed by atoms with van der Waals surface area (Å²) in [7, 11) is 0. The number of likely N-dealkylation sites (tertiary alicyclic amines) is 1. The van der Waals surface area contributed by atoms with E-state index in [0.29, 0.717) is 60.2 Å². The van der Waals surface area contributed by atoms with Gasteiger partial charge in [0.15, 0.2) is 0 Å². The molecule has 0 atom stereocenters. The summed E-state index contributed by atoms with van der Waals surface area (Å²) < 4.78 is 5.81. The third-order valence-corrected chi connectivity index (χ3v) is 7.28. The highest BCUT2D eigenvalue weighted by Gasteiger charge is 2.37. The largest absolute Gasteiger partial charge is 0.487 e. The van der Waals surface area contributed by atoms with Crippen LogP contribution in [0.3, 0.4) is 0 Å². The van der Waals surface area contributed by atoms with Gasteiger partial charge in [-0.25, -0.2) is 0 Å². The van der Waals surface area contributed by atoms with E-state index in [1.165, 1.54) is 0 Å². The van der Waals surface area contributed by atoms with Crippen LogP contribution in [0.25, 0.3) is 0 Å². The molecule has 5 rings (SSSR count). The highest BCUT2D eigenvalue weighted by atomic mass is 35.5. The molecule has 6 nitrogen and oxygen atoms in total. The normalized spacial score (nSPS) is 16.5. The molecule has 0 aliphatic carbocycles. The molecule has 2 amide bonds. The van der Waals surface area contributed by atoms with E-state index in [9.17, 15) is 9.59 Å². The number of carbonyl (C=O) groups excluding carboxylic acids is 2. The van der Waals surface area contributed by atoms with Gasteiger partial charge in [0.2, 0.25) is 0 Å². The molecule has 2 fully saturated rings. The minimum Gasteiger partial charge on any atom is -0.487 e. The summed E-state index contributed by atoms with van der Waals surface area (Å²) in [5.74, 6) is 0.572. The van der Waals surface area contributed by atoms with Crippen LogP contribution in [-0.4, -0.2) is 71.8 Å². The number of nitrogens with zero attached hydrogens (tertiary/aromatic N) is 3. The number of benzene rings is 3. The van der Waals surface area contributed by atoms with Gasteiger partial charge in [-0.15, -0.1) is 0 Å². The highest BCUT2D eigenvalue weighted by Crippen LogP contribution is 2.28. The van der Waals surface area contributed by atoms with Crippen LogP contribution < -0.4 is 4.74 Å². The van der Waals surface area contributed by atoms with Crippen molar-refractivity contribution in [2.24, 2.45) is 0 Å². The van der Waals surface area contributed by atoms with Gasteiger partial charge in [-0.05, 0) is 48.0 Å². The topological polar surface area (TPSA) is 53.1 Å². The van der Waals surface area contributed by atoms with Crippen molar-refractivity contribution < 1.29 is 14.3 Å². The second-order valence-electron chi connectivity index (χ2n) is 9.12. The van der Waals surface area contributed by atoms with Gasteiger partial charge in [-0.2, -0.15) is 0 Å². The Morgan fingerprint density at radius 1 is 0.778 bits per heavy atom. The van der Waals surface area contributed by atoms with Crippen LogP contribution in [0.2, 0.25) is 10.0 Å². The molecule has 2 aliphatic rings. The number of hydrogen-bond donors (Lipinski definition) is 0. The molecule has 2 heterocycles. The van der Waals surface area contributed by atoms with E-state index < -0.39 is 0 Å². The van der Waals surface area contributed by atoms with Crippen LogP contribution >= 0.6 is 23.2 Å². The van der Waals surface area contributed by atoms with Gasteiger partial charge in [0.1, 0.15) is 12.4 Å². The SMILES string of the molecule is O=C(c1ccccc1)N1CCN(C2CN(C(=O)c3ccc(OCc4cccc(Cl)c4)c(Cl)c3)C2)CC1. The van der Waals surface area contributed by atoms with Crippen LogP contribution in [0.1, 0.15) is 26.3 Å². The standard InChI is InChI=1S/C28H27Cl2N3O3/c29-23-8-4-5-20(15-23)19-36-26-10-9-22(16-25(26)30)28(35)33-17-24(18-33)31-11-13-32(14-12-31)27(34)21-6-2-1-3-7-21/h1-10,15-16,24H,11-14,17-19H2. The molecule has 0 radical (unpaired) electrons. The second kappa shape index (κ2) is 10.9. The van der Waals surface area contributed by atoms with Gasteiger partial charge in [0, 0.05) is 61.5 Å². The van der Waals surface area contributed by atoms with Gasteiger partial charge in [-0.1, -0.05) is 53.5 Å². The number of piperazine rings is 1. The predicted octanol–water partition coefficient (Wildman–Crippen LogP) is 4.85. The van der Waals surface area contributed by atoms with Crippen molar-refractivity contribution in [2.75, 3.05) is 39.3 Å². The van der Waals surface area contributed by atoms with Crippen molar-refractivity contribution in [3.63, 3.8) is 0 Å². The van der Waals surface area contributed by atoms with Crippen molar-refractivity contribution in [2.45, 2.75) is 12.6 Å². The molecular formula is C28H27Cl2N3O3. The lowest BCUT2D eigenvalue weighted by Gasteiger charge is -2.48. The minimum atomic E-state index is -0.0348. The number of rotatable bonds is 6. The Bertz CT molecular complexity index is 1240. The second-order valence-corrected chi connectivity index (χ2v) is 9.97. The summed E-state index contributed by atoms with van der Waals surface area (Å²) in [5.41, 5.74) is 2.22. The van der Waals surface area contributed by atoms with Gasteiger partial charge < -0.3 is 14.5 Å². The predicted molar refractivity (Wildman–Crippen MR) is 141 cm³/mol. The summed E-state index contributed by atoms with van der Waals surface area (Å²) in [5, 5.41) is 1.05. The summed E-state index contributed by atoms with van der Waals surface area (Å²) >= 11 is 12.4. The zero-order valence-electron chi connectivity index (χ0n) is 19.8. The molecule has 0 spiro atoms. The molecule has 0 bridgehead atoms. The van der Waals surface area contributed by atoms with E-state index in [2.05, 4.69) is 4.90 Å². The molecule has 3 aromatic carbocycles. The fourth-order valence-electron chi connectivity index (χ4n) is 4.63. The van der Waals surface area contributed by atoms with Crippen molar-refractivity contribution >= 4 is 35.0 Å². The van der Waals surface area contributed by atoms with Gasteiger partial charge >= 0.3 is 0 Å². The van der Waals surface area contributed by atoms with Crippen molar-refractivity contribution in [1.29, 1.82) is 0 Å². The Morgan fingerprint density at radius 3 is 2.19 bits per heavy atom. The molecule has 2 saturated heterocycles. The van der Waals surface area contributed by atoms with Crippen LogP contribution in [-0.2, 0) is 6.61 Å². The Kier molecular flexibility index (Phi) is 7.46. The smallest absolute Gasteiger partial charge is 0.254 e. The Labute approximate surface area is 221 Å². The zero-order valence-corrected chi connectivity index (χ0v) is 21.3. The Morgan fingerprint density at radius 2 is 1.50 bits per heavy atom. The van der Waals surface area contributed by atoms with Crippen LogP contribution in [0, 0.1) is 0 Å². The molecule has 36 heavy (non-hydrogen) atoms. The summed E-state index contributed by atoms with van der Waals surface area (Å²) in [6.45, 7) is 4.72. The van der Waals surface area contributed by atoms with Crippen LogP contribution in [0.4, 0.5) is 0 Å². The molecular weight excluding hydrogens is 497 g/mol. The van der Waals surface area contributed by atoms with E-state index in [1.54, 1.807) is 18.2 Å². The molecule has 3 aromatic rings. The van der Waals surface area contributed by atoms with Gasteiger partial charge in [0.25, 0.3) is 11.8 Å². The van der Waals surface area contributed by atoms with E-state index in [4.69, 9.17) is 27.9 Å². The maximum atomic E-state index is 13.0. The van der Waals surface area contributed by atoms with E-state index in [0.717, 1.165) is 24.2 Å². The molecule has 8 heteroatoms. The Hall–Kier alpha value is -3.06. The van der Waals surface area contributed by atoms with Crippen molar-refractivity contribution in [3.8, 4) is 5.75 Å². The fraction of sp³-hybridized carbons (Fsp3) is 0.286. The van der Waals surface area contributed by atoms with Crippen molar-refractivity contribution in [3.05, 3.63) is 99.5 Å². The van der Waals surface area contributed by atoms with Gasteiger partial charge in [0.05, 0.1) is 5.02 Å². The average Bonchev–Trinajstić information content (AvgIpc) is 2.87. The first-order valence-electron chi connectivity index (χ1n) is 12.0. The minimum absolute atomic E-state index is 0.0348. The third-order valence-electron chi connectivity index (χ3n) is 6.75. The number of hydrogen-bond acceptors (Lipinski definition) is 4. The molecule has 0 saturated carbocycles. The maximum Gasteiger partial charge on any atom is 0.254 e. The third kappa shape index (κ3) is 5.51. The van der Waals surface area contributed by atoms with Gasteiger partial charge in [-0.3, -0.25) is 14.5 Å². The Balaban J connectivity index is 1.10.